The molecule has 2 aliphatic rings. The number of aryl methyl sites for hydroxylation is 1. The lowest BCUT2D eigenvalue weighted by atomic mass is 9.78. The van der Waals surface area contributed by atoms with Crippen LogP contribution in [0.3, 0.4) is 0 Å². The van der Waals surface area contributed by atoms with E-state index in [0.29, 0.717) is 32.6 Å². The van der Waals surface area contributed by atoms with Crippen molar-refractivity contribution in [3.05, 3.63) is 65.0 Å². The van der Waals surface area contributed by atoms with Crippen molar-refractivity contribution in [3.63, 3.8) is 0 Å². The summed E-state index contributed by atoms with van der Waals surface area (Å²) < 4.78 is 27.4. The summed E-state index contributed by atoms with van der Waals surface area (Å²) in [5, 5.41) is 0. The van der Waals surface area contributed by atoms with Gasteiger partial charge in [0, 0.05) is 30.9 Å². The molecule has 1 atom stereocenters. The molecule has 4 rings (SSSR count). The topological polar surface area (TPSA) is 53.5 Å². The van der Waals surface area contributed by atoms with E-state index >= 15 is 0 Å². The molecule has 0 N–H and O–H groups in total. The van der Waals surface area contributed by atoms with E-state index in [1.807, 2.05) is 30.0 Å². The SMILES string of the molecule is Cc1cccc(CN2CC[C@]3(CCCN(C(=O)Cc4cccc(F)c4F)C3)C2=O)n1. The first-order valence-corrected chi connectivity index (χ1v) is 10.3. The van der Waals surface area contributed by atoms with Gasteiger partial charge in [0.1, 0.15) is 0 Å². The van der Waals surface area contributed by atoms with Crippen LogP contribution in [0.5, 0.6) is 0 Å². The Bertz CT molecular complexity index is 981. The van der Waals surface area contributed by atoms with Gasteiger partial charge in [-0.3, -0.25) is 14.6 Å². The van der Waals surface area contributed by atoms with Crippen molar-refractivity contribution < 1.29 is 18.4 Å². The number of likely N-dealkylation sites (tertiary alicyclic amines) is 2. The normalized spacial score (nSPS) is 21.5. The molecule has 0 unspecified atom stereocenters. The van der Waals surface area contributed by atoms with Crippen molar-refractivity contribution in [2.24, 2.45) is 5.41 Å². The molecule has 0 bridgehead atoms. The summed E-state index contributed by atoms with van der Waals surface area (Å²) in [5.41, 5.74) is 1.22. The molecule has 0 aliphatic carbocycles. The Morgan fingerprint density at radius 3 is 2.73 bits per heavy atom. The van der Waals surface area contributed by atoms with Crippen LogP contribution in [0.25, 0.3) is 0 Å². The van der Waals surface area contributed by atoms with E-state index in [0.717, 1.165) is 30.3 Å². The first-order valence-electron chi connectivity index (χ1n) is 10.3. The van der Waals surface area contributed by atoms with Gasteiger partial charge in [-0.05, 0) is 44.4 Å². The molecule has 2 saturated heterocycles. The summed E-state index contributed by atoms with van der Waals surface area (Å²) >= 11 is 0. The lowest BCUT2D eigenvalue weighted by molar-refractivity contribution is -0.143. The highest BCUT2D eigenvalue weighted by atomic mass is 19.2. The van der Waals surface area contributed by atoms with E-state index in [-0.39, 0.29) is 23.8 Å². The van der Waals surface area contributed by atoms with Gasteiger partial charge in [0.05, 0.1) is 24.1 Å². The second-order valence-corrected chi connectivity index (χ2v) is 8.34. The minimum atomic E-state index is -0.980. The zero-order chi connectivity index (χ0) is 21.3. The van der Waals surface area contributed by atoms with E-state index in [1.54, 1.807) is 4.90 Å². The number of hydrogen-bond acceptors (Lipinski definition) is 3. The van der Waals surface area contributed by atoms with Gasteiger partial charge in [-0.1, -0.05) is 18.2 Å². The number of halogens is 2. The van der Waals surface area contributed by atoms with Gasteiger partial charge in [0.2, 0.25) is 11.8 Å². The van der Waals surface area contributed by atoms with Crippen molar-refractivity contribution in [2.75, 3.05) is 19.6 Å². The maximum absolute atomic E-state index is 14.0. The molecule has 1 spiro atoms. The number of hydrogen-bond donors (Lipinski definition) is 0. The number of carbonyl (C=O) groups excluding carboxylic acids is 2. The molecule has 1 aromatic heterocycles. The molecular weight excluding hydrogens is 388 g/mol. The van der Waals surface area contributed by atoms with Gasteiger partial charge >= 0.3 is 0 Å². The van der Waals surface area contributed by atoms with E-state index in [1.165, 1.54) is 12.1 Å². The quantitative estimate of drug-likeness (QED) is 0.773. The number of rotatable bonds is 4. The van der Waals surface area contributed by atoms with E-state index in [2.05, 4.69) is 4.98 Å². The molecule has 2 aromatic rings. The van der Waals surface area contributed by atoms with Crippen LogP contribution in [0.15, 0.2) is 36.4 Å². The summed E-state index contributed by atoms with van der Waals surface area (Å²) in [6.45, 7) is 3.88. The fourth-order valence-corrected chi connectivity index (χ4v) is 4.61. The van der Waals surface area contributed by atoms with Crippen molar-refractivity contribution in [1.82, 2.24) is 14.8 Å². The van der Waals surface area contributed by atoms with Crippen molar-refractivity contribution in [2.45, 2.75) is 39.2 Å². The van der Waals surface area contributed by atoms with Gasteiger partial charge in [0.25, 0.3) is 0 Å². The van der Waals surface area contributed by atoms with Gasteiger partial charge in [-0.25, -0.2) is 8.78 Å². The zero-order valence-corrected chi connectivity index (χ0v) is 17.0. The fourth-order valence-electron chi connectivity index (χ4n) is 4.61. The van der Waals surface area contributed by atoms with Crippen LogP contribution in [-0.2, 0) is 22.6 Å². The van der Waals surface area contributed by atoms with E-state index in [9.17, 15) is 18.4 Å². The van der Waals surface area contributed by atoms with Gasteiger partial charge in [-0.2, -0.15) is 0 Å². The van der Waals surface area contributed by atoms with Crippen LogP contribution in [0, 0.1) is 24.0 Å². The van der Waals surface area contributed by atoms with E-state index < -0.39 is 17.0 Å². The molecule has 7 heteroatoms. The van der Waals surface area contributed by atoms with Gasteiger partial charge in [-0.15, -0.1) is 0 Å². The Kier molecular flexibility index (Phi) is 5.54. The molecule has 1 aromatic carbocycles. The third-order valence-electron chi connectivity index (χ3n) is 6.20. The molecule has 3 heterocycles. The Hall–Kier alpha value is -2.83. The summed E-state index contributed by atoms with van der Waals surface area (Å²) in [5.74, 6) is -2.15. The van der Waals surface area contributed by atoms with Crippen molar-refractivity contribution >= 4 is 11.8 Å². The number of pyridine rings is 1. The lowest BCUT2D eigenvalue weighted by Gasteiger charge is -2.39. The largest absolute Gasteiger partial charge is 0.341 e. The second kappa shape index (κ2) is 8.13. The highest BCUT2D eigenvalue weighted by molar-refractivity contribution is 5.87. The Labute approximate surface area is 174 Å². The van der Waals surface area contributed by atoms with Crippen molar-refractivity contribution in [1.29, 1.82) is 0 Å². The van der Waals surface area contributed by atoms with E-state index in [4.69, 9.17) is 0 Å². The minimum Gasteiger partial charge on any atom is -0.341 e. The molecular formula is C23H25F2N3O2. The Balaban J connectivity index is 1.44. The number of nitrogens with zero attached hydrogens (tertiary/aromatic N) is 3. The highest BCUT2D eigenvalue weighted by Crippen LogP contribution is 2.40. The number of aromatic nitrogens is 1. The van der Waals surface area contributed by atoms with Crippen LogP contribution in [0.4, 0.5) is 8.78 Å². The second-order valence-electron chi connectivity index (χ2n) is 8.34. The predicted molar refractivity (Wildman–Crippen MR) is 107 cm³/mol. The minimum absolute atomic E-state index is 0.0459. The summed E-state index contributed by atoms with van der Waals surface area (Å²) in [6, 6.07) is 9.62. The van der Waals surface area contributed by atoms with Crippen LogP contribution in [0.1, 0.15) is 36.2 Å². The fraction of sp³-hybridized carbons (Fsp3) is 0.435. The molecule has 2 fully saturated rings. The van der Waals surface area contributed by atoms with Gasteiger partial charge < -0.3 is 9.80 Å². The van der Waals surface area contributed by atoms with Crippen LogP contribution < -0.4 is 0 Å². The maximum Gasteiger partial charge on any atom is 0.231 e. The zero-order valence-electron chi connectivity index (χ0n) is 17.0. The monoisotopic (exact) mass is 413 g/mol. The Morgan fingerprint density at radius 1 is 1.13 bits per heavy atom. The van der Waals surface area contributed by atoms with Crippen LogP contribution >= 0.6 is 0 Å². The molecule has 0 saturated carbocycles. The number of benzene rings is 1. The standard InChI is InChI=1S/C23H25F2N3O2/c1-16-5-2-7-18(26-16)14-27-12-10-23(22(27)30)9-4-11-28(15-23)20(29)13-17-6-3-8-19(24)21(17)25/h2-3,5-8H,4,9-15H2,1H3/t23-/m0/s1. The molecule has 0 radical (unpaired) electrons. The number of piperidine rings is 1. The summed E-state index contributed by atoms with van der Waals surface area (Å²) in [7, 11) is 0. The third kappa shape index (κ3) is 3.93. The molecule has 158 valence electrons. The van der Waals surface area contributed by atoms with Gasteiger partial charge in [0.15, 0.2) is 11.6 Å². The number of amides is 2. The van der Waals surface area contributed by atoms with Crippen LogP contribution in [0.2, 0.25) is 0 Å². The predicted octanol–water partition coefficient (Wildman–Crippen LogP) is 3.25. The Morgan fingerprint density at radius 2 is 1.93 bits per heavy atom. The molecule has 30 heavy (non-hydrogen) atoms. The molecule has 2 aliphatic heterocycles. The average molecular weight is 413 g/mol. The first-order chi connectivity index (χ1) is 14.4. The smallest absolute Gasteiger partial charge is 0.231 e. The van der Waals surface area contributed by atoms with Crippen molar-refractivity contribution in [3.8, 4) is 0 Å². The first kappa shape index (κ1) is 20.4. The average Bonchev–Trinajstić information content (AvgIpc) is 3.01. The summed E-state index contributed by atoms with van der Waals surface area (Å²) in [6.07, 6.45) is 1.95. The molecule has 5 nitrogen and oxygen atoms in total. The summed E-state index contributed by atoms with van der Waals surface area (Å²) in [4.78, 5) is 34.0. The number of carbonyl (C=O) groups is 2. The van der Waals surface area contributed by atoms with Crippen LogP contribution in [-0.4, -0.2) is 46.2 Å². The highest BCUT2D eigenvalue weighted by Gasteiger charge is 2.49. The third-order valence-corrected chi connectivity index (χ3v) is 6.20. The maximum atomic E-state index is 14.0. The lowest BCUT2D eigenvalue weighted by Crippen LogP contribution is -2.50. The molecule has 2 amide bonds.